The van der Waals surface area contributed by atoms with E-state index < -0.39 is 0 Å². The van der Waals surface area contributed by atoms with Gasteiger partial charge in [-0.05, 0) is 48.1 Å². The fourth-order valence-electron chi connectivity index (χ4n) is 4.00. The first-order valence-electron chi connectivity index (χ1n) is 7.63. The van der Waals surface area contributed by atoms with Gasteiger partial charge in [-0.25, -0.2) is 0 Å². The fourth-order valence-corrected chi connectivity index (χ4v) is 4.26. The number of rotatable bonds is 3. The average molecular weight is 354 g/mol. The van der Waals surface area contributed by atoms with E-state index in [1.54, 1.807) is 6.20 Å². The normalized spacial score (nSPS) is 29.0. The Bertz CT molecular complexity index is 723. The van der Waals surface area contributed by atoms with Gasteiger partial charge in [-0.3, -0.25) is 9.78 Å². The molecular weight excluding hydrogens is 338 g/mol. The van der Waals surface area contributed by atoms with Crippen molar-refractivity contribution in [2.45, 2.75) is 12.3 Å². The summed E-state index contributed by atoms with van der Waals surface area (Å²) < 4.78 is 1.07. The second-order valence-electron chi connectivity index (χ2n) is 6.13. The number of halogens is 1. The van der Waals surface area contributed by atoms with E-state index in [4.69, 9.17) is 0 Å². The lowest BCUT2D eigenvalue weighted by Gasteiger charge is -2.27. The Hall–Kier alpha value is -1.74. The van der Waals surface area contributed by atoms with Gasteiger partial charge in [0.15, 0.2) is 5.78 Å². The molecule has 2 nitrogen and oxygen atoms in total. The van der Waals surface area contributed by atoms with E-state index in [1.165, 1.54) is 5.56 Å². The minimum atomic E-state index is 0.0195. The van der Waals surface area contributed by atoms with E-state index in [9.17, 15) is 4.79 Å². The molecule has 3 heteroatoms. The summed E-state index contributed by atoms with van der Waals surface area (Å²) in [6.07, 6.45) is 7.31. The van der Waals surface area contributed by atoms with Gasteiger partial charge in [0.25, 0.3) is 0 Å². The predicted molar refractivity (Wildman–Crippen MR) is 89.7 cm³/mol. The first kappa shape index (κ1) is 13.9. The van der Waals surface area contributed by atoms with Gasteiger partial charge in [-0.2, -0.15) is 0 Å². The van der Waals surface area contributed by atoms with Crippen molar-refractivity contribution in [2.75, 3.05) is 0 Å². The molecule has 2 bridgehead atoms. The molecule has 2 aliphatic carbocycles. The van der Waals surface area contributed by atoms with Crippen LogP contribution >= 0.6 is 15.9 Å². The Kier molecular flexibility index (Phi) is 3.45. The molecule has 2 aromatic rings. The number of pyridine rings is 1. The second kappa shape index (κ2) is 5.47. The lowest BCUT2D eigenvalue weighted by Crippen LogP contribution is -2.27. The number of fused-ring (bicyclic) bond motifs is 2. The summed E-state index contributed by atoms with van der Waals surface area (Å²) in [7, 11) is 0. The molecule has 1 saturated carbocycles. The predicted octanol–water partition coefficient (Wildman–Crippen LogP) is 4.63. The van der Waals surface area contributed by atoms with E-state index in [0.29, 0.717) is 17.5 Å². The molecule has 1 aromatic heterocycles. The largest absolute Gasteiger partial charge is 0.292 e. The summed E-state index contributed by atoms with van der Waals surface area (Å²) in [6.45, 7) is 0. The molecule has 22 heavy (non-hydrogen) atoms. The second-order valence-corrected chi connectivity index (χ2v) is 7.05. The van der Waals surface area contributed by atoms with Gasteiger partial charge in [0.1, 0.15) is 5.69 Å². The number of ketones is 1. The van der Waals surface area contributed by atoms with Crippen LogP contribution in [0.2, 0.25) is 0 Å². The number of hydrogen-bond donors (Lipinski definition) is 0. The molecule has 110 valence electrons. The standard InChI is InChI=1S/C19H16BrNO/c20-15-8-6-12(7-9-15)17-13-4-5-14(11-13)18(17)19(22)16-3-1-2-10-21-16/h1-10,13-14,17-18H,11H2/t13-,14+,17+,18+/m1/s1. The molecule has 4 atom stereocenters. The minimum Gasteiger partial charge on any atom is -0.292 e. The van der Waals surface area contributed by atoms with Gasteiger partial charge in [-0.1, -0.05) is 46.3 Å². The Morgan fingerprint density at radius 1 is 1.05 bits per heavy atom. The van der Waals surface area contributed by atoms with Crippen molar-refractivity contribution in [3.63, 3.8) is 0 Å². The van der Waals surface area contributed by atoms with Gasteiger partial charge < -0.3 is 0 Å². The van der Waals surface area contributed by atoms with Crippen molar-refractivity contribution in [3.8, 4) is 0 Å². The summed E-state index contributed by atoms with van der Waals surface area (Å²) >= 11 is 3.48. The highest BCUT2D eigenvalue weighted by Gasteiger charge is 2.48. The fraction of sp³-hybridized carbons (Fsp3) is 0.263. The molecule has 4 rings (SSSR count). The van der Waals surface area contributed by atoms with Crippen LogP contribution in [0.4, 0.5) is 0 Å². The highest BCUT2D eigenvalue weighted by molar-refractivity contribution is 9.10. The van der Waals surface area contributed by atoms with E-state index in [-0.39, 0.29) is 17.6 Å². The highest BCUT2D eigenvalue weighted by Crippen LogP contribution is 2.53. The lowest BCUT2D eigenvalue weighted by molar-refractivity contribution is 0.0881. The van der Waals surface area contributed by atoms with Crippen molar-refractivity contribution in [2.24, 2.45) is 17.8 Å². The van der Waals surface area contributed by atoms with E-state index >= 15 is 0 Å². The maximum Gasteiger partial charge on any atom is 0.185 e. The summed E-state index contributed by atoms with van der Waals surface area (Å²) in [4.78, 5) is 17.2. The SMILES string of the molecule is O=C(c1ccccn1)[C@@H]1[C@@H](c2ccc(Br)cc2)[C@@H]2C=C[C@H]1C2. The summed E-state index contributed by atoms with van der Waals surface area (Å²) in [6, 6.07) is 14.0. The van der Waals surface area contributed by atoms with E-state index in [1.807, 2.05) is 18.2 Å². The third-order valence-corrected chi connectivity index (χ3v) is 5.46. The van der Waals surface area contributed by atoms with Crippen molar-refractivity contribution < 1.29 is 4.79 Å². The first-order chi connectivity index (χ1) is 10.7. The molecule has 1 heterocycles. The van der Waals surface area contributed by atoms with Crippen molar-refractivity contribution in [1.82, 2.24) is 4.98 Å². The number of aromatic nitrogens is 1. The van der Waals surface area contributed by atoms with E-state index in [2.05, 4.69) is 57.3 Å². The van der Waals surface area contributed by atoms with Crippen LogP contribution in [0.25, 0.3) is 0 Å². The summed E-state index contributed by atoms with van der Waals surface area (Å²) in [5, 5.41) is 0. The maximum absolute atomic E-state index is 13.0. The number of benzene rings is 1. The first-order valence-corrected chi connectivity index (χ1v) is 8.42. The van der Waals surface area contributed by atoms with E-state index in [0.717, 1.165) is 10.9 Å². The zero-order valence-electron chi connectivity index (χ0n) is 12.0. The number of allylic oxidation sites excluding steroid dienone is 2. The Labute approximate surface area is 138 Å². The summed E-state index contributed by atoms with van der Waals surface area (Å²) in [5.74, 6) is 1.31. The molecule has 1 fully saturated rings. The molecule has 0 unspecified atom stereocenters. The molecule has 0 N–H and O–H groups in total. The van der Waals surface area contributed by atoms with Crippen LogP contribution in [0.3, 0.4) is 0 Å². The molecule has 0 amide bonds. The Morgan fingerprint density at radius 3 is 2.55 bits per heavy atom. The highest BCUT2D eigenvalue weighted by atomic mass is 79.9. The van der Waals surface area contributed by atoms with Gasteiger partial charge >= 0.3 is 0 Å². The van der Waals surface area contributed by atoms with Crippen LogP contribution in [0.15, 0.2) is 65.3 Å². The minimum absolute atomic E-state index is 0.0195. The topological polar surface area (TPSA) is 30.0 Å². The molecule has 0 saturated heterocycles. The molecule has 0 aliphatic heterocycles. The Morgan fingerprint density at radius 2 is 1.82 bits per heavy atom. The molecular formula is C19H16BrNO. The van der Waals surface area contributed by atoms with Crippen molar-refractivity contribution in [1.29, 1.82) is 0 Å². The van der Waals surface area contributed by atoms with Crippen LogP contribution in [-0.2, 0) is 0 Å². The quantitative estimate of drug-likeness (QED) is 0.594. The third-order valence-electron chi connectivity index (χ3n) is 4.93. The lowest BCUT2D eigenvalue weighted by atomic mass is 9.75. The molecule has 0 spiro atoms. The Balaban J connectivity index is 1.72. The average Bonchev–Trinajstić information content (AvgIpc) is 3.17. The number of Topliss-reactive ketones (excluding diaryl/α,β-unsaturated/α-hetero) is 1. The molecule has 1 aromatic carbocycles. The van der Waals surface area contributed by atoms with Crippen molar-refractivity contribution >= 4 is 21.7 Å². The van der Waals surface area contributed by atoms with Crippen LogP contribution in [0.1, 0.15) is 28.4 Å². The number of carbonyl (C=O) groups is 1. The van der Waals surface area contributed by atoms with Gasteiger partial charge in [0, 0.05) is 22.5 Å². The van der Waals surface area contributed by atoms with Crippen LogP contribution in [0.5, 0.6) is 0 Å². The van der Waals surface area contributed by atoms with Gasteiger partial charge in [-0.15, -0.1) is 0 Å². The monoisotopic (exact) mass is 353 g/mol. The van der Waals surface area contributed by atoms with Crippen LogP contribution in [-0.4, -0.2) is 10.8 Å². The number of nitrogens with zero attached hydrogens (tertiary/aromatic N) is 1. The summed E-state index contributed by atoms with van der Waals surface area (Å²) in [5.41, 5.74) is 1.85. The van der Waals surface area contributed by atoms with Crippen LogP contribution in [0, 0.1) is 17.8 Å². The van der Waals surface area contributed by atoms with Gasteiger partial charge in [0.2, 0.25) is 0 Å². The third kappa shape index (κ3) is 2.24. The van der Waals surface area contributed by atoms with Gasteiger partial charge in [0.05, 0.1) is 0 Å². The van der Waals surface area contributed by atoms with Crippen molar-refractivity contribution in [3.05, 3.63) is 76.5 Å². The zero-order valence-corrected chi connectivity index (χ0v) is 13.6. The molecule has 0 radical (unpaired) electrons. The number of hydrogen-bond acceptors (Lipinski definition) is 2. The van der Waals surface area contributed by atoms with Crippen LogP contribution < -0.4 is 0 Å². The number of carbonyl (C=O) groups excluding carboxylic acids is 1. The maximum atomic E-state index is 13.0. The smallest absolute Gasteiger partial charge is 0.185 e. The zero-order chi connectivity index (χ0) is 15.1. The molecule has 2 aliphatic rings.